The lowest BCUT2D eigenvalue weighted by molar-refractivity contribution is 0.219. The van der Waals surface area contributed by atoms with Crippen molar-refractivity contribution in [2.24, 2.45) is 5.92 Å². The number of likely N-dealkylation sites (N-methyl/N-ethyl adjacent to an activating group) is 1. The molecule has 0 radical (unpaired) electrons. The summed E-state index contributed by atoms with van der Waals surface area (Å²) in [6.45, 7) is 7.27. The highest BCUT2D eigenvalue weighted by Crippen LogP contribution is 2.27. The summed E-state index contributed by atoms with van der Waals surface area (Å²) in [6.07, 6.45) is 0. The lowest BCUT2D eigenvalue weighted by Crippen LogP contribution is -2.42. The maximum Gasteiger partial charge on any atom is 0.124 e. The Morgan fingerprint density at radius 1 is 1.16 bits per heavy atom. The summed E-state index contributed by atoms with van der Waals surface area (Å²) in [7, 11) is 4.16. The Morgan fingerprint density at radius 2 is 1.79 bits per heavy atom. The number of hydrogen-bond donors (Lipinski definition) is 3. The molecule has 2 atom stereocenters. The maximum atomic E-state index is 9.83. The molecular formula is C15H26N2O2. The summed E-state index contributed by atoms with van der Waals surface area (Å²) in [5, 5.41) is 22.6. The van der Waals surface area contributed by atoms with Crippen molar-refractivity contribution in [2.45, 2.75) is 32.9 Å². The number of benzene rings is 1. The van der Waals surface area contributed by atoms with Crippen molar-refractivity contribution in [3.8, 4) is 11.5 Å². The average molecular weight is 266 g/mol. The van der Waals surface area contributed by atoms with Crippen molar-refractivity contribution in [3.05, 3.63) is 23.8 Å². The minimum Gasteiger partial charge on any atom is -0.508 e. The second-order valence-electron chi connectivity index (χ2n) is 5.65. The van der Waals surface area contributed by atoms with Crippen molar-refractivity contribution in [1.82, 2.24) is 10.2 Å². The third-order valence-corrected chi connectivity index (χ3v) is 3.55. The van der Waals surface area contributed by atoms with Gasteiger partial charge < -0.3 is 20.4 Å². The molecule has 0 bridgehead atoms. The molecular weight excluding hydrogens is 240 g/mol. The lowest BCUT2D eigenvalue weighted by Gasteiger charge is -2.29. The van der Waals surface area contributed by atoms with Gasteiger partial charge in [0, 0.05) is 30.3 Å². The van der Waals surface area contributed by atoms with Gasteiger partial charge in [0.15, 0.2) is 0 Å². The molecule has 3 N–H and O–H groups in total. The molecule has 2 unspecified atom stereocenters. The molecule has 0 heterocycles. The number of nitrogens with one attached hydrogen (secondary N) is 1. The average Bonchev–Trinajstić information content (AvgIpc) is 2.27. The van der Waals surface area contributed by atoms with Crippen LogP contribution in [0.15, 0.2) is 18.2 Å². The normalized spacial score (nSPS) is 14.9. The van der Waals surface area contributed by atoms with E-state index in [4.69, 9.17) is 0 Å². The lowest BCUT2D eigenvalue weighted by atomic mass is 10.0. The van der Waals surface area contributed by atoms with E-state index in [-0.39, 0.29) is 17.5 Å². The van der Waals surface area contributed by atoms with Crippen molar-refractivity contribution in [3.63, 3.8) is 0 Å². The highest BCUT2D eigenvalue weighted by atomic mass is 16.3. The van der Waals surface area contributed by atoms with Gasteiger partial charge in [0.1, 0.15) is 11.5 Å². The maximum absolute atomic E-state index is 9.83. The van der Waals surface area contributed by atoms with E-state index in [0.29, 0.717) is 12.0 Å². The number of nitrogens with zero attached hydrogens (tertiary/aromatic N) is 1. The van der Waals surface area contributed by atoms with Crippen molar-refractivity contribution in [1.29, 1.82) is 0 Å². The van der Waals surface area contributed by atoms with Gasteiger partial charge in [-0.1, -0.05) is 19.9 Å². The Labute approximate surface area is 116 Å². The van der Waals surface area contributed by atoms with Crippen LogP contribution in [0.1, 0.15) is 32.4 Å². The Kier molecular flexibility index (Phi) is 5.63. The van der Waals surface area contributed by atoms with E-state index in [1.165, 1.54) is 6.07 Å². The van der Waals surface area contributed by atoms with Crippen molar-refractivity contribution < 1.29 is 10.2 Å². The molecule has 4 heteroatoms. The molecule has 0 aromatic heterocycles. The largest absolute Gasteiger partial charge is 0.508 e. The Morgan fingerprint density at radius 3 is 2.26 bits per heavy atom. The number of hydrogen-bond acceptors (Lipinski definition) is 4. The monoisotopic (exact) mass is 266 g/mol. The van der Waals surface area contributed by atoms with Gasteiger partial charge in [-0.25, -0.2) is 0 Å². The van der Waals surface area contributed by atoms with Gasteiger partial charge in [0.25, 0.3) is 0 Å². The van der Waals surface area contributed by atoms with E-state index < -0.39 is 0 Å². The van der Waals surface area contributed by atoms with Gasteiger partial charge in [0.2, 0.25) is 0 Å². The molecule has 0 amide bonds. The molecule has 0 saturated carbocycles. The number of rotatable bonds is 6. The minimum absolute atomic E-state index is 0.0433. The number of phenolic OH excluding ortho intramolecular Hbond substituents is 2. The zero-order chi connectivity index (χ0) is 14.6. The quantitative estimate of drug-likeness (QED) is 0.740. The van der Waals surface area contributed by atoms with Gasteiger partial charge in [0.05, 0.1) is 0 Å². The first-order chi connectivity index (χ1) is 8.82. The van der Waals surface area contributed by atoms with E-state index in [1.807, 2.05) is 6.92 Å². The molecule has 108 valence electrons. The zero-order valence-electron chi connectivity index (χ0n) is 12.5. The summed E-state index contributed by atoms with van der Waals surface area (Å²) in [5.41, 5.74) is 0.805. The van der Waals surface area contributed by atoms with Gasteiger partial charge in [-0.2, -0.15) is 0 Å². The molecule has 0 saturated heterocycles. The standard InChI is InChI=1S/C15H26N2O2/c1-10(2)14(17(4)5)9-16-11(3)13-7-6-12(18)8-15(13)19/h6-8,10-11,14,16,18-19H,9H2,1-5H3. The molecule has 0 aliphatic carbocycles. The Bertz CT molecular complexity index is 397. The predicted octanol–water partition coefficient (Wildman–Crippen LogP) is 2.33. The molecule has 0 spiro atoms. The second kappa shape index (κ2) is 6.78. The molecule has 0 aliphatic rings. The fourth-order valence-corrected chi connectivity index (χ4v) is 2.32. The number of aromatic hydroxyl groups is 2. The van der Waals surface area contributed by atoms with Crippen LogP contribution in [0.5, 0.6) is 11.5 Å². The third-order valence-electron chi connectivity index (χ3n) is 3.55. The topological polar surface area (TPSA) is 55.7 Å². The first-order valence-electron chi connectivity index (χ1n) is 6.74. The van der Waals surface area contributed by atoms with Crippen LogP contribution >= 0.6 is 0 Å². The van der Waals surface area contributed by atoms with E-state index in [1.54, 1.807) is 12.1 Å². The summed E-state index contributed by atoms with van der Waals surface area (Å²) in [6, 6.07) is 5.21. The fraction of sp³-hybridized carbons (Fsp3) is 0.600. The van der Waals surface area contributed by atoms with Crippen molar-refractivity contribution >= 4 is 0 Å². The van der Waals surface area contributed by atoms with Crippen LogP contribution in [0.3, 0.4) is 0 Å². The predicted molar refractivity (Wildman–Crippen MR) is 78.5 cm³/mol. The van der Waals surface area contributed by atoms with Crippen molar-refractivity contribution in [2.75, 3.05) is 20.6 Å². The molecule has 1 aromatic rings. The fourth-order valence-electron chi connectivity index (χ4n) is 2.32. The van der Waals surface area contributed by atoms with Gasteiger partial charge in [-0.3, -0.25) is 0 Å². The minimum atomic E-state index is 0.0433. The van der Waals surface area contributed by atoms with Crippen LogP contribution in [-0.2, 0) is 0 Å². The molecule has 0 aliphatic heterocycles. The first-order valence-corrected chi connectivity index (χ1v) is 6.74. The summed E-state index contributed by atoms with van der Waals surface area (Å²) >= 11 is 0. The smallest absolute Gasteiger partial charge is 0.124 e. The highest BCUT2D eigenvalue weighted by Gasteiger charge is 2.18. The van der Waals surface area contributed by atoms with Crippen LogP contribution < -0.4 is 5.32 Å². The molecule has 4 nitrogen and oxygen atoms in total. The third kappa shape index (κ3) is 4.40. The first kappa shape index (κ1) is 15.8. The van der Waals surface area contributed by atoms with Gasteiger partial charge in [-0.15, -0.1) is 0 Å². The molecule has 0 fully saturated rings. The van der Waals surface area contributed by atoms with Crippen LogP contribution in [-0.4, -0.2) is 41.8 Å². The van der Waals surface area contributed by atoms with Crippen LogP contribution in [0, 0.1) is 5.92 Å². The summed E-state index contributed by atoms with van der Waals surface area (Å²) in [4.78, 5) is 2.21. The van der Waals surface area contributed by atoms with Crippen LogP contribution in [0.25, 0.3) is 0 Å². The van der Waals surface area contributed by atoms with E-state index in [2.05, 4.69) is 38.2 Å². The summed E-state index contributed by atoms with van der Waals surface area (Å²) < 4.78 is 0. The molecule has 19 heavy (non-hydrogen) atoms. The Balaban J connectivity index is 2.66. The Hall–Kier alpha value is -1.26. The van der Waals surface area contributed by atoms with E-state index >= 15 is 0 Å². The molecule has 1 rings (SSSR count). The SMILES string of the molecule is CC(NCC(C(C)C)N(C)C)c1ccc(O)cc1O. The van der Waals surface area contributed by atoms with Gasteiger partial charge >= 0.3 is 0 Å². The van der Waals surface area contributed by atoms with E-state index in [9.17, 15) is 10.2 Å². The highest BCUT2D eigenvalue weighted by molar-refractivity contribution is 5.40. The van der Waals surface area contributed by atoms with E-state index in [0.717, 1.165) is 12.1 Å². The number of phenols is 2. The second-order valence-corrected chi connectivity index (χ2v) is 5.65. The summed E-state index contributed by atoms with van der Waals surface area (Å²) in [5.74, 6) is 0.774. The van der Waals surface area contributed by atoms with Crippen LogP contribution in [0.2, 0.25) is 0 Å². The molecule has 1 aromatic carbocycles. The zero-order valence-corrected chi connectivity index (χ0v) is 12.5. The van der Waals surface area contributed by atoms with Gasteiger partial charge in [-0.05, 0) is 33.0 Å². The van der Waals surface area contributed by atoms with Crippen LogP contribution in [0.4, 0.5) is 0 Å².